The fourth-order valence-corrected chi connectivity index (χ4v) is 3.51. The lowest BCUT2D eigenvalue weighted by Gasteiger charge is -2.31. The summed E-state index contributed by atoms with van der Waals surface area (Å²) in [4.78, 5) is 23.9. The van der Waals surface area contributed by atoms with Gasteiger partial charge in [-0.1, -0.05) is 38.1 Å². The van der Waals surface area contributed by atoms with Gasteiger partial charge >= 0.3 is 6.03 Å². The molecule has 0 radical (unpaired) electrons. The second-order valence-corrected chi connectivity index (χ2v) is 8.16. The molecule has 1 fully saturated rings. The highest BCUT2D eigenvalue weighted by atomic mass is 16.2. The van der Waals surface area contributed by atoms with Gasteiger partial charge in [0, 0.05) is 12.0 Å². The van der Waals surface area contributed by atoms with Crippen LogP contribution in [0.25, 0.3) is 0 Å². The Hall–Kier alpha value is -1.84. The second kappa shape index (κ2) is 8.03. The Morgan fingerprint density at radius 1 is 1.12 bits per heavy atom. The van der Waals surface area contributed by atoms with Gasteiger partial charge in [-0.05, 0) is 63.5 Å². The Kier molecular flexibility index (Phi) is 6.26. The predicted octanol–water partition coefficient (Wildman–Crippen LogP) is 4.49. The zero-order chi connectivity index (χ0) is 18.6. The molecule has 0 heterocycles. The lowest BCUT2D eigenvalue weighted by Crippen LogP contribution is -2.50. The fraction of sp³-hybridized carbons (Fsp3) is 0.619. The van der Waals surface area contributed by atoms with E-state index in [4.69, 9.17) is 0 Å². The van der Waals surface area contributed by atoms with Crippen LogP contribution in [0, 0.1) is 5.92 Å². The summed E-state index contributed by atoms with van der Waals surface area (Å²) in [5.74, 6) is 0.909. The molecular formula is C21H32N2O2. The van der Waals surface area contributed by atoms with E-state index in [0.29, 0.717) is 5.92 Å². The molecule has 0 aromatic heterocycles. The molecule has 2 rings (SSSR count). The minimum atomic E-state index is -0.439. The van der Waals surface area contributed by atoms with E-state index < -0.39 is 5.54 Å². The lowest BCUT2D eigenvalue weighted by atomic mass is 9.84. The molecule has 1 aliphatic rings. The summed E-state index contributed by atoms with van der Waals surface area (Å²) < 4.78 is 0. The number of hydrogen-bond acceptors (Lipinski definition) is 2. The highest BCUT2D eigenvalue weighted by molar-refractivity contribution is 5.78. The maximum atomic E-state index is 12.4. The number of ketones is 1. The minimum absolute atomic E-state index is 0.133. The first-order valence-electron chi connectivity index (χ1n) is 9.38. The van der Waals surface area contributed by atoms with E-state index in [9.17, 15) is 9.59 Å². The van der Waals surface area contributed by atoms with E-state index in [0.717, 1.165) is 31.2 Å². The molecule has 1 aromatic carbocycles. The molecule has 2 amide bonds. The van der Waals surface area contributed by atoms with Crippen molar-refractivity contribution in [1.29, 1.82) is 0 Å². The van der Waals surface area contributed by atoms with Crippen LogP contribution in [0.4, 0.5) is 4.79 Å². The van der Waals surface area contributed by atoms with Gasteiger partial charge in [0.05, 0.1) is 5.54 Å². The topological polar surface area (TPSA) is 58.2 Å². The molecule has 2 N–H and O–H groups in total. The van der Waals surface area contributed by atoms with E-state index >= 15 is 0 Å². The van der Waals surface area contributed by atoms with Crippen LogP contribution in [-0.2, 0) is 10.3 Å². The number of carbonyl (C=O) groups excluding carboxylic acids is 2. The molecular weight excluding hydrogens is 312 g/mol. The zero-order valence-corrected chi connectivity index (χ0v) is 16.2. The predicted molar refractivity (Wildman–Crippen MR) is 102 cm³/mol. The van der Waals surface area contributed by atoms with E-state index in [-0.39, 0.29) is 23.8 Å². The summed E-state index contributed by atoms with van der Waals surface area (Å²) >= 11 is 0. The van der Waals surface area contributed by atoms with Crippen LogP contribution >= 0.6 is 0 Å². The number of amides is 2. The van der Waals surface area contributed by atoms with Crippen LogP contribution in [-0.4, -0.2) is 17.9 Å². The van der Waals surface area contributed by atoms with Crippen molar-refractivity contribution in [3.05, 3.63) is 35.4 Å². The molecule has 25 heavy (non-hydrogen) atoms. The van der Waals surface area contributed by atoms with Crippen molar-refractivity contribution in [2.75, 3.05) is 0 Å². The number of nitrogens with one attached hydrogen (secondary N) is 2. The monoisotopic (exact) mass is 344 g/mol. The van der Waals surface area contributed by atoms with Crippen molar-refractivity contribution < 1.29 is 9.59 Å². The standard InChI is InChI=1S/C21H32N2O2/c1-14(2)17-7-6-8-18(13-17)21(4,5)23-20(25)22-19-11-9-16(10-12-19)15(3)24/h6-8,13-14,16,19H,9-12H2,1-5H3,(H2,22,23,25). The number of Topliss-reactive ketones (excluding diaryl/α,β-unsaturated/α-hetero) is 1. The normalized spacial score (nSPS) is 21.0. The van der Waals surface area contributed by atoms with Crippen LogP contribution in [0.5, 0.6) is 0 Å². The smallest absolute Gasteiger partial charge is 0.315 e. The van der Waals surface area contributed by atoms with Crippen molar-refractivity contribution in [1.82, 2.24) is 10.6 Å². The van der Waals surface area contributed by atoms with E-state index in [1.165, 1.54) is 5.56 Å². The van der Waals surface area contributed by atoms with Gasteiger partial charge < -0.3 is 10.6 Å². The molecule has 0 atom stereocenters. The van der Waals surface area contributed by atoms with Gasteiger partial charge in [-0.25, -0.2) is 4.79 Å². The number of benzene rings is 1. The van der Waals surface area contributed by atoms with Crippen LogP contribution in [0.1, 0.15) is 77.3 Å². The molecule has 0 unspecified atom stereocenters. The number of rotatable bonds is 5. The Morgan fingerprint density at radius 2 is 1.76 bits per heavy atom. The third kappa shape index (κ3) is 5.32. The maximum Gasteiger partial charge on any atom is 0.315 e. The van der Waals surface area contributed by atoms with Gasteiger partial charge in [0.25, 0.3) is 0 Å². The van der Waals surface area contributed by atoms with E-state index in [2.05, 4.69) is 48.7 Å². The SMILES string of the molecule is CC(=O)C1CCC(NC(=O)NC(C)(C)c2cccc(C(C)C)c2)CC1. The number of hydrogen-bond donors (Lipinski definition) is 2. The lowest BCUT2D eigenvalue weighted by molar-refractivity contribution is -0.121. The average molecular weight is 344 g/mol. The summed E-state index contributed by atoms with van der Waals surface area (Å²) in [7, 11) is 0. The summed E-state index contributed by atoms with van der Waals surface area (Å²) in [6.45, 7) is 10.1. The number of urea groups is 1. The van der Waals surface area contributed by atoms with E-state index in [1.54, 1.807) is 6.92 Å². The summed E-state index contributed by atoms with van der Waals surface area (Å²) in [5, 5.41) is 6.18. The molecule has 4 nitrogen and oxygen atoms in total. The van der Waals surface area contributed by atoms with Gasteiger partial charge in [0.2, 0.25) is 0 Å². The van der Waals surface area contributed by atoms with Crippen molar-refractivity contribution >= 4 is 11.8 Å². The first-order chi connectivity index (χ1) is 11.7. The van der Waals surface area contributed by atoms with E-state index in [1.807, 2.05) is 13.8 Å². The van der Waals surface area contributed by atoms with Crippen LogP contribution in [0.3, 0.4) is 0 Å². The third-order valence-electron chi connectivity index (χ3n) is 5.34. The number of carbonyl (C=O) groups is 2. The van der Waals surface area contributed by atoms with Gasteiger partial charge in [-0.3, -0.25) is 4.79 Å². The molecule has 0 bridgehead atoms. The Balaban J connectivity index is 1.93. The highest BCUT2D eigenvalue weighted by Gasteiger charge is 2.27. The van der Waals surface area contributed by atoms with Crippen LogP contribution < -0.4 is 10.6 Å². The van der Waals surface area contributed by atoms with Gasteiger partial charge in [0.1, 0.15) is 5.78 Å². The Morgan fingerprint density at radius 3 is 2.32 bits per heavy atom. The van der Waals surface area contributed by atoms with Crippen molar-refractivity contribution in [3.8, 4) is 0 Å². The Labute approximate surface area is 151 Å². The molecule has 1 saturated carbocycles. The first kappa shape index (κ1) is 19.5. The third-order valence-corrected chi connectivity index (χ3v) is 5.34. The van der Waals surface area contributed by atoms with Crippen LogP contribution in [0.2, 0.25) is 0 Å². The maximum absolute atomic E-state index is 12.4. The molecule has 0 spiro atoms. The molecule has 0 aliphatic heterocycles. The van der Waals surface area contributed by atoms with Crippen molar-refractivity contribution in [2.24, 2.45) is 5.92 Å². The molecule has 1 aliphatic carbocycles. The summed E-state index contributed by atoms with van der Waals surface area (Å²) in [5.41, 5.74) is 1.94. The molecule has 1 aromatic rings. The zero-order valence-electron chi connectivity index (χ0n) is 16.2. The van der Waals surface area contributed by atoms with Gasteiger partial charge in [-0.2, -0.15) is 0 Å². The fourth-order valence-electron chi connectivity index (χ4n) is 3.51. The molecule has 0 saturated heterocycles. The Bertz CT molecular complexity index is 614. The van der Waals surface area contributed by atoms with Crippen molar-refractivity contribution in [3.63, 3.8) is 0 Å². The summed E-state index contributed by atoms with van der Waals surface area (Å²) in [6, 6.07) is 8.43. The highest BCUT2D eigenvalue weighted by Crippen LogP contribution is 2.26. The quantitative estimate of drug-likeness (QED) is 0.826. The van der Waals surface area contributed by atoms with Crippen molar-refractivity contribution in [2.45, 2.75) is 77.8 Å². The van der Waals surface area contributed by atoms with Gasteiger partial charge in [0.15, 0.2) is 0 Å². The molecule has 138 valence electrons. The van der Waals surface area contributed by atoms with Crippen LogP contribution in [0.15, 0.2) is 24.3 Å². The second-order valence-electron chi connectivity index (χ2n) is 8.16. The average Bonchev–Trinajstić information content (AvgIpc) is 2.54. The molecule has 4 heteroatoms. The minimum Gasteiger partial charge on any atom is -0.335 e. The van der Waals surface area contributed by atoms with Gasteiger partial charge in [-0.15, -0.1) is 0 Å². The largest absolute Gasteiger partial charge is 0.335 e. The first-order valence-corrected chi connectivity index (χ1v) is 9.38. The summed E-state index contributed by atoms with van der Waals surface area (Å²) in [6.07, 6.45) is 3.50.